The van der Waals surface area contributed by atoms with Crippen LogP contribution < -0.4 is 9.64 Å². The molecule has 0 spiro atoms. The number of hydrogen-bond acceptors (Lipinski definition) is 3. The fourth-order valence-corrected chi connectivity index (χ4v) is 1.34. The molecule has 0 aliphatic rings. The van der Waals surface area contributed by atoms with Gasteiger partial charge in [-0.15, -0.1) is 0 Å². The summed E-state index contributed by atoms with van der Waals surface area (Å²) >= 11 is 5.85. The average Bonchev–Trinajstić information content (AvgIpc) is 2.18. The van der Waals surface area contributed by atoms with E-state index in [1.54, 1.807) is 30.2 Å². The van der Waals surface area contributed by atoms with Crippen molar-refractivity contribution in [1.82, 2.24) is 0 Å². The Kier molecular flexibility index (Phi) is 3.77. The van der Waals surface area contributed by atoms with Crippen LogP contribution in [-0.4, -0.2) is 27.0 Å². The first-order chi connectivity index (χ1) is 6.69. The van der Waals surface area contributed by atoms with E-state index in [4.69, 9.17) is 16.3 Å². The number of carbonyl (C=O) groups is 1. The lowest BCUT2D eigenvalue weighted by atomic mass is 10.2. The number of anilines is 1. The molecule has 0 heterocycles. The van der Waals surface area contributed by atoms with Crippen LogP contribution >= 0.6 is 11.6 Å². The number of likely N-dealkylation sites (N-methyl/N-ethyl adjacent to an activating group) is 1. The molecular weight excluding hydrogens is 202 g/mol. The Morgan fingerprint density at radius 2 is 2.29 bits per heavy atom. The molecule has 14 heavy (non-hydrogen) atoms. The van der Waals surface area contributed by atoms with Gasteiger partial charge in [0.05, 0.1) is 19.3 Å². The molecule has 0 aliphatic carbocycles. The molecule has 0 amide bonds. The van der Waals surface area contributed by atoms with Crippen molar-refractivity contribution in [2.24, 2.45) is 0 Å². The van der Waals surface area contributed by atoms with Gasteiger partial charge in [0.25, 0.3) is 0 Å². The molecule has 0 atom stereocenters. The predicted octanol–water partition coefficient (Wildman–Crippen LogP) is 1.98. The maximum absolute atomic E-state index is 10.4. The topological polar surface area (TPSA) is 29.5 Å². The highest BCUT2D eigenvalue weighted by Crippen LogP contribution is 2.29. The normalized spacial score (nSPS) is 9.64. The number of nitrogens with zero attached hydrogens (tertiary/aromatic N) is 1. The number of benzene rings is 1. The number of ether oxygens (including phenoxy) is 1. The number of rotatable bonds is 4. The highest BCUT2D eigenvalue weighted by Gasteiger charge is 2.07. The maximum Gasteiger partial charge on any atom is 0.142 e. The van der Waals surface area contributed by atoms with Crippen molar-refractivity contribution in [3.63, 3.8) is 0 Å². The van der Waals surface area contributed by atoms with Crippen molar-refractivity contribution in [2.75, 3.05) is 25.6 Å². The lowest BCUT2D eigenvalue weighted by molar-refractivity contribution is -0.106. The van der Waals surface area contributed by atoms with Gasteiger partial charge in [0, 0.05) is 12.1 Å². The summed E-state index contributed by atoms with van der Waals surface area (Å²) in [6.45, 7) is 0.316. The van der Waals surface area contributed by atoms with E-state index in [9.17, 15) is 4.79 Å². The van der Waals surface area contributed by atoms with Crippen LogP contribution in [0.25, 0.3) is 0 Å². The molecule has 0 bridgehead atoms. The molecule has 0 saturated carbocycles. The Morgan fingerprint density at radius 1 is 1.57 bits per heavy atom. The van der Waals surface area contributed by atoms with E-state index in [2.05, 4.69) is 0 Å². The van der Waals surface area contributed by atoms with Gasteiger partial charge >= 0.3 is 0 Å². The highest BCUT2D eigenvalue weighted by molar-refractivity contribution is 6.30. The summed E-state index contributed by atoms with van der Waals surface area (Å²) in [4.78, 5) is 12.1. The van der Waals surface area contributed by atoms with Gasteiger partial charge in [0.2, 0.25) is 0 Å². The summed E-state index contributed by atoms with van der Waals surface area (Å²) in [5, 5.41) is 0.624. The molecule has 0 fully saturated rings. The third-order valence-corrected chi connectivity index (χ3v) is 2.14. The minimum absolute atomic E-state index is 0.316. The van der Waals surface area contributed by atoms with E-state index < -0.39 is 0 Å². The lowest BCUT2D eigenvalue weighted by Gasteiger charge is -2.19. The summed E-state index contributed by atoms with van der Waals surface area (Å²) in [6.07, 6.45) is 0.834. The second kappa shape index (κ2) is 4.86. The Labute approximate surface area is 88.2 Å². The molecule has 1 aromatic carbocycles. The van der Waals surface area contributed by atoms with Crippen molar-refractivity contribution < 1.29 is 9.53 Å². The summed E-state index contributed by atoms with van der Waals surface area (Å²) in [7, 11) is 3.39. The van der Waals surface area contributed by atoms with Gasteiger partial charge in [-0.05, 0) is 18.2 Å². The van der Waals surface area contributed by atoms with Gasteiger partial charge in [0.15, 0.2) is 0 Å². The van der Waals surface area contributed by atoms with E-state index in [1.165, 1.54) is 0 Å². The molecule has 0 unspecified atom stereocenters. The molecule has 0 saturated heterocycles. The quantitative estimate of drug-likeness (QED) is 0.717. The number of aldehydes is 1. The first-order valence-electron chi connectivity index (χ1n) is 4.17. The lowest BCUT2D eigenvalue weighted by Crippen LogP contribution is -2.19. The fraction of sp³-hybridized carbons (Fsp3) is 0.300. The minimum atomic E-state index is 0.316. The van der Waals surface area contributed by atoms with Gasteiger partial charge in [-0.2, -0.15) is 0 Å². The molecule has 76 valence electrons. The fourth-order valence-electron chi connectivity index (χ4n) is 1.17. The van der Waals surface area contributed by atoms with Crippen LogP contribution in [0.15, 0.2) is 18.2 Å². The zero-order chi connectivity index (χ0) is 10.6. The molecule has 4 heteroatoms. The highest BCUT2D eigenvalue weighted by atomic mass is 35.5. The minimum Gasteiger partial charge on any atom is -0.495 e. The van der Waals surface area contributed by atoms with Crippen LogP contribution in [0.1, 0.15) is 0 Å². The number of hydrogen-bond donors (Lipinski definition) is 0. The smallest absolute Gasteiger partial charge is 0.142 e. The van der Waals surface area contributed by atoms with Crippen molar-refractivity contribution >= 4 is 23.6 Å². The van der Waals surface area contributed by atoms with E-state index in [0.717, 1.165) is 12.0 Å². The SMILES string of the molecule is COc1ccc(Cl)cc1N(C)CC=O. The Morgan fingerprint density at radius 3 is 2.86 bits per heavy atom. The molecule has 0 radical (unpaired) electrons. The van der Waals surface area contributed by atoms with E-state index in [1.807, 2.05) is 7.05 Å². The van der Waals surface area contributed by atoms with Crippen LogP contribution in [0.4, 0.5) is 5.69 Å². The molecule has 3 nitrogen and oxygen atoms in total. The predicted molar refractivity (Wildman–Crippen MR) is 57.3 cm³/mol. The van der Waals surface area contributed by atoms with Crippen molar-refractivity contribution in [2.45, 2.75) is 0 Å². The average molecular weight is 214 g/mol. The third-order valence-electron chi connectivity index (χ3n) is 1.90. The molecule has 0 aromatic heterocycles. The monoisotopic (exact) mass is 213 g/mol. The van der Waals surface area contributed by atoms with E-state index in [0.29, 0.717) is 17.3 Å². The zero-order valence-corrected chi connectivity index (χ0v) is 8.91. The van der Waals surface area contributed by atoms with Crippen LogP contribution in [-0.2, 0) is 4.79 Å². The Bertz CT molecular complexity index is 328. The third kappa shape index (κ3) is 2.39. The van der Waals surface area contributed by atoms with Gasteiger partial charge in [-0.3, -0.25) is 0 Å². The van der Waals surface area contributed by atoms with Crippen molar-refractivity contribution in [3.05, 3.63) is 23.2 Å². The number of carbonyl (C=O) groups excluding carboxylic acids is 1. The Balaban J connectivity index is 3.02. The largest absolute Gasteiger partial charge is 0.495 e. The van der Waals surface area contributed by atoms with Crippen molar-refractivity contribution in [1.29, 1.82) is 0 Å². The molecule has 0 aliphatic heterocycles. The van der Waals surface area contributed by atoms with Crippen LogP contribution in [0.3, 0.4) is 0 Å². The summed E-state index contributed by atoms with van der Waals surface area (Å²) in [5.74, 6) is 0.707. The molecule has 0 N–H and O–H groups in total. The summed E-state index contributed by atoms with van der Waals surface area (Å²) < 4.78 is 5.15. The van der Waals surface area contributed by atoms with Gasteiger partial charge in [0.1, 0.15) is 12.0 Å². The molecule has 1 rings (SSSR count). The summed E-state index contributed by atoms with van der Waals surface area (Å²) in [5.41, 5.74) is 0.812. The number of methoxy groups -OCH3 is 1. The first kappa shape index (κ1) is 10.9. The molecule has 1 aromatic rings. The van der Waals surface area contributed by atoms with Crippen LogP contribution in [0.2, 0.25) is 5.02 Å². The zero-order valence-electron chi connectivity index (χ0n) is 8.16. The first-order valence-corrected chi connectivity index (χ1v) is 4.55. The van der Waals surface area contributed by atoms with E-state index in [-0.39, 0.29) is 0 Å². The second-order valence-electron chi connectivity index (χ2n) is 2.86. The summed E-state index contributed by atoms with van der Waals surface area (Å²) in [6, 6.07) is 5.29. The Hall–Kier alpha value is -1.22. The van der Waals surface area contributed by atoms with Crippen molar-refractivity contribution in [3.8, 4) is 5.75 Å². The van der Waals surface area contributed by atoms with E-state index >= 15 is 0 Å². The molecular formula is C10H12ClNO2. The van der Waals surface area contributed by atoms with Gasteiger partial charge in [-0.1, -0.05) is 11.6 Å². The van der Waals surface area contributed by atoms with Crippen LogP contribution in [0.5, 0.6) is 5.75 Å². The second-order valence-corrected chi connectivity index (χ2v) is 3.30. The van der Waals surface area contributed by atoms with Crippen LogP contribution in [0, 0.1) is 0 Å². The standard InChI is InChI=1S/C10H12ClNO2/c1-12(5-6-13)9-7-8(11)3-4-10(9)14-2/h3-4,6-7H,5H2,1-2H3. The number of halogens is 1. The van der Waals surface area contributed by atoms with Gasteiger partial charge in [-0.25, -0.2) is 0 Å². The maximum atomic E-state index is 10.4. The van der Waals surface area contributed by atoms with Gasteiger partial charge < -0.3 is 14.4 Å².